The SMILES string of the molecule is CCC(C)[C@@H](O)[C@@H](N)c1c(F)cc(Br)cc1F. The van der Waals surface area contributed by atoms with Gasteiger partial charge in [-0.1, -0.05) is 36.2 Å². The summed E-state index contributed by atoms with van der Waals surface area (Å²) in [6, 6.07) is 1.22. The Kier molecular flexibility index (Phi) is 5.04. The van der Waals surface area contributed by atoms with E-state index < -0.39 is 23.8 Å². The van der Waals surface area contributed by atoms with Crippen molar-refractivity contribution in [2.24, 2.45) is 11.7 Å². The fourth-order valence-electron chi connectivity index (χ4n) is 1.64. The minimum Gasteiger partial charge on any atom is -0.391 e. The van der Waals surface area contributed by atoms with Gasteiger partial charge in [-0.05, 0) is 18.1 Å². The van der Waals surface area contributed by atoms with Gasteiger partial charge in [-0.15, -0.1) is 0 Å². The third-order valence-electron chi connectivity index (χ3n) is 2.97. The van der Waals surface area contributed by atoms with Crippen molar-refractivity contribution in [2.45, 2.75) is 32.4 Å². The van der Waals surface area contributed by atoms with E-state index in [1.807, 2.05) is 6.92 Å². The average Bonchev–Trinajstić information content (AvgIpc) is 2.25. The number of hydrogen-bond acceptors (Lipinski definition) is 2. The van der Waals surface area contributed by atoms with Crippen LogP contribution in [0.1, 0.15) is 31.9 Å². The highest BCUT2D eigenvalue weighted by Gasteiger charge is 2.27. The number of nitrogens with two attached hydrogens (primary N) is 1. The number of rotatable bonds is 4. The molecule has 3 N–H and O–H groups in total. The molecule has 0 spiro atoms. The predicted molar refractivity (Wildman–Crippen MR) is 66.4 cm³/mol. The van der Waals surface area contributed by atoms with Crippen molar-refractivity contribution in [1.29, 1.82) is 0 Å². The first-order chi connectivity index (χ1) is 7.88. The normalized spacial score (nSPS) is 16.6. The second-order valence-electron chi connectivity index (χ2n) is 4.19. The quantitative estimate of drug-likeness (QED) is 0.897. The molecule has 0 aliphatic heterocycles. The third-order valence-corrected chi connectivity index (χ3v) is 3.43. The molecule has 0 radical (unpaired) electrons. The van der Waals surface area contributed by atoms with Crippen LogP contribution in [0, 0.1) is 17.6 Å². The van der Waals surface area contributed by atoms with Crippen LogP contribution < -0.4 is 5.73 Å². The van der Waals surface area contributed by atoms with E-state index in [0.717, 1.165) is 12.1 Å². The first-order valence-electron chi connectivity index (χ1n) is 5.46. The molecule has 0 aromatic heterocycles. The lowest BCUT2D eigenvalue weighted by Crippen LogP contribution is -2.33. The van der Waals surface area contributed by atoms with Crippen LogP contribution in [0.4, 0.5) is 8.78 Å². The number of benzene rings is 1. The van der Waals surface area contributed by atoms with Gasteiger partial charge in [-0.2, -0.15) is 0 Å². The molecule has 0 heterocycles. The first kappa shape index (κ1) is 14.5. The highest BCUT2D eigenvalue weighted by molar-refractivity contribution is 9.10. The van der Waals surface area contributed by atoms with E-state index in [9.17, 15) is 13.9 Å². The molecule has 0 aliphatic rings. The van der Waals surface area contributed by atoms with Crippen molar-refractivity contribution in [1.82, 2.24) is 0 Å². The monoisotopic (exact) mass is 307 g/mol. The van der Waals surface area contributed by atoms with Crippen molar-refractivity contribution in [3.8, 4) is 0 Å². The van der Waals surface area contributed by atoms with Crippen molar-refractivity contribution in [2.75, 3.05) is 0 Å². The minimum atomic E-state index is -1.06. The minimum absolute atomic E-state index is 0.118. The zero-order valence-electron chi connectivity index (χ0n) is 9.75. The summed E-state index contributed by atoms with van der Waals surface area (Å²) in [4.78, 5) is 0. The van der Waals surface area contributed by atoms with Crippen LogP contribution in [0.25, 0.3) is 0 Å². The third kappa shape index (κ3) is 3.24. The second-order valence-corrected chi connectivity index (χ2v) is 5.10. The van der Waals surface area contributed by atoms with Gasteiger partial charge in [-0.3, -0.25) is 0 Å². The van der Waals surface area contributed by atoms with E-state index in [-0.39, 0.29) is 11.5 Å². The fraction of sp³-hybridized carbons (Fsp3) is 0.500. The van der Waals surface area contributed by atoms with Crippen LogP contribution in [-0.4, -0.2) is 11.2 Å². The molecule has 0 saturated carbocycles. The van der Waals surface area contributed by atoms with Gasteiger partial charge < -0.3 is 10.8 Å². The lowest BCUT2D eigenvalue weighted by atomic mass is 9.91. The molecular weight excluding hydrogens is 292 g/mol. The maximum Gasteiger partial charge on any atom is 0.132 e. The predicted octanol–water partition coefficient (Wildman–Crippen LogP) is 3.13. The summed E-state index contributed by atoms with van der Waals surface area (Å²) >= 11 is 2.99. The Balaban J connectivity index is 3.08. The van der Waals surface area contributed by atoms with Crippen molar-refractivity contribution >= 4 is 15.9 Å². The molecule has 1 aromatic carbocycles. The molecule has 0 bridgehead atoms. The summed E-state index contributed by atoms with van der Waals surface area (Å²) in [5.41, 5.74) is 5.46. The van der Waals surface area contributed by atoms with Crippen molar-refractivity contribution < 1.29 is 13.9 Å². The maximum absolute atomic E-state index is 13.6. The molecule has 5 heteroatoms. The molecule has 3 atom stereocenters. The Bertz CT molecular complexity index is 377. The highest BCUT2D eigenvalue weighted by Crippen LogP contribution is 2.28. The number of halogens is 3. The van der Waals surface area contributed by atoms with E-state index in [1.165, 1.54) is 0 Å². The van der Waals surface area contributed by atoms with Gasteiger partial charge in [0.2, 0.25) is 0 Å². The van der Waals surface area contributed by atoms with Gasteiger partial charge in [-0.25, -0.2) is 8.78 Å². The van der Waals surface area contributed by atoms with Gasteiger partial charge in [0, 0.05) is 10.0 Å². The molecular formula is C12H16BrF2NO. The second kappa shape index (κ2) is 5.89. The van der Waals surface area contributed by atoms with Gasteiger partial charge in [0.1, 0.15) is 11.6 Å². The molecule has 96 valence electrons. The molecule has 1 unspecified atom stereocenters. The van der Waals surface area contributed by atoms with E-state index in [0.29, 0.717) is 10.9 Å². The first-order valence-corrected chi connectivity index (χ1v) is 6.25. The Morgan fingerprint density at radius 3 is 2.24 bits per heavy atom. The summed E-state index contributed by atoms with van der Waals surface area (Å²) in [6.07, 6.45) is -0.278. The molecule has 1 aromatic rings. The van der Waals surface area contributed by atoms with Crippen molar-refractivity contribution in [3.05, 3.63) is 33.8 Å². The molecule has 0 amide bonds. The number of hydrogen-bond donors (Lipinski definition) is 2. The van der Waals surface area contributed by atoms with Crippen LogP contribution in [0.2, 0.25) is 0 Å². The van der Waals surface area contributed by atoms with Gasteiger partial charge in [0.25, 0.3) is 0 Å². The molecule has 17 heavy (non-hydrogen) atoms. The number of aliphatic hydroxyl groups is 1. The van der Waals surface area contributed by atoms with Gasteiger partial charge in [0.05, 0.1) is 12.1 Å². The van der Waals surface area contributed by atoms with Gasteiger partial charge in [0.15, 0.2) is 0 Å². The number of aliphatic hydroxyl groups excluding tert-OH is 1. The van der Waals surface area contributed by atoms with Crippen LogP contribution in [-0.2, 0) is 0 Å². The lowest BCUT2D eigenvalue weighted by molar-refractivity contribution is 0.0854. The molecule has 2 nitrogen and oxygen atoms in total. The molecule has 0 fully saturated rings. The summed E-state index contributed by atoms with van der Waals surface area (Å²) in [6.45, 7) is 3.67. The topological polar surface area (TPSA) is 46.2 Å². The Morgan fingerprint density at radius 1 is 1.35 bits per heavy atom. The lowest BCUT2D eigenvalue weighted by Gasteiger charge is -2.24. The Labute approximate surface area is 108 Å². The summed E-state index contributed by atoms with van der Waals surface area (Å²) in [7, 11) is 0. The van der Waals surface area contributed by atoms with E-state index in [2.05, 4.69) is 15.9 Å². The Morgan fingerprint density at radius 2 is 1.82 bits per heavy atom. The van der Waals surface area contributed by atoms with Crippen LogP contribution >= 0.6 is 15.9 Å². The Hall–Kier alpha value is -0.520. The molecule has 1 rings (SSSR count). The van der Waals surface area contributed by atoms with E-state index in [1.54, 1.807) is 6.92 Å². The smallest absolute Gasteiger partial charge is 0.132 e. The summed E-state index contributed by atoms with van der Waals surface area (Å²) in [5, 5.41) is 9.89. The highest BCUT2D eigenvalue weighted by atomic mass is 79.9. The summed E-state index contributed by atoms with van der Waals surface area (Å²) < 4.78 is 27.6. The largest absolute Gasteiger partial charge is 0.391 e. The summed E-state index contributed by atoms with van der Waals surface area (Å²) in [5.74, 6) is -1.61. The molecule has 0 saturated heterocycles. The average molecular weight is 308 g/mol. The van der Waals surface area contributed by atoms with Crippen molar-refractivity contribution in [3.63, 3.8) is 0 Å². The van der Waals surface area contributed by atoms with Crippen LogP contribution in [0.5, 0.6) is 0 Å². The van der Waals surface area contributed by atoms with Crippen LogP contribution in [0.15, 0.2) is 16.6 Å². The van der Waals surface area contributed by atoms with Gasteiger partial charge >= 0.3 is 0 Å². The van der Waals surface area contributed by atoms with E-state index in [4.69, 9.17) is 5.73 Å². The maximum atomic E-state index is 13.6. The fourth-order valence-corrected chi connectivity index (χ4v) is 2.04. The van der Waals surface area contributed by atoms with E-state index >= 15 is 0 Å². The van der Waals surface area contributed by atoms with Crippen LogP contribution in [0.3, 0.4) is 0 Å². The zero-order valence-corrected chi connectivity index (χ0v) is 11.3. The zero-order chi connectivity index (χ0) is 13.2. The molecule has 0 aliphatic carbocycles. The standard InChI is InChI=1S/C12H16BrF2NO/c1-3-6(2)12(17)11(16)10-8(14)4-7(13)5-9(10)15/h4-6,11-12,17H,3,16H2,1-2H3/t6?,11-,12+/m0/s1.